The summed E-state index contributed by atoms with van der Waals surface area (Å²) < 4.78 is 16.9. The summed E-state index contributed by atoms with van der Waals surface area (Å²) in [5.41, 5.74) is 2.10. The fourth-order valence-electron chi connectivity index (χ4n) is 4.14. The maximum Gasteiger partial charge on any atom is 0.411 e. The third kappa shape index (κ3) is 5.65. The van der Waals surface area contributed by atoms with E-state index in [1.807, 2.05) is 23.7 Å². The third-order valence-electron chi connectivity index (χ3n) is 6.01. The number of fused-ring (bicyclic) bond motifs is 1. The average molecular weight is 498 g/mol. The molecule has 1 aliphatic heterocycles. The number of hydrogen-bond acceptors (Lipinski definition) is 9. The molecule has 0 aliphatic carbocycles. The number of nitrogens with zero attached hydrogens (tertiary/aromatic N) is 5. The average Bonchev–Trinajstić information content (AvgIpc) is 3.35. The van der Waals surface area contributed by atoms with Gasteiger partial charge in [0, 0.05) is 37.5 Å². The molecule has 0 spiro atoms. The van der Waals surface area contributed by atoms with E-state index in [0.717, 1.165) is 23.8 Å². The van der Waals surface area contributed by atoms with Crippen LogP contribution in [0.5, 0.6) is 0 Å². The van der Waals surface area contributed by atoms with Crippen LogP contribution in [0, 0.1) is 0 Å². The summed E-state index contributed by atoms with van der Waals surface area (Å²) >= 11 is 0. The minimum Gasteiger partial charge on any atom is -0.453 e. The maximum absolute atomic E-state index is 11.9. The standard InChI is InChI=1S/C24H31N7O5/c1-4-36-14-11-25-21-19-15-26-31(18-9-12-30(13-10-18)24(33)35-3)22(19)29-20(28-21)16-5-7-17(8-6-16)27-23(32)34-2/h5-8,15,18H,4,9-14H2,1-3H3,(H,27,32)(H,25,28,29). The Morgan fingerprint density at radius 1 is 1.08 bits per heavy atom. The molecule has 0 unspecified atom stereocenters. The first-order chi connectivity index (χ1) is 17.5. The van der Waals surface area contributed by atoms with Crippen LogP contribution in [0.4, 0.5) is 21.1 Å². The number of nitrogens with one attached hydrogen (secondary N) is 2. The fourth-order valence-corrected chi connectivity index (χ4v) is 4.14. The summed E-state index contributed by atoms with van der Waals surface area (Å²) in [5.74, 6) is 1.20. The minimum atomic E-state index is -0.539. The van der Waals surface area contributed by atoms with Gasteiger partial charge in [0.2, 0.25) is 0 Å². The van der Waals surface area contributed by atoms with E-state index < -0.39 is 6.09 Å². The highest BCUT2D eigenvalue weighted by atomic mass is 16.5. The number of methoxy groups -OCH3 is 2. The molecule has 0 saturated carbocycles. The van der Waals surface area contributed by atoms with Gasteiger partial charge in [-0.1, -0.05) is 0 Å². The zero-order valence-electron chi connectivity index (χ0n) is 20.7. The summed E-state index contributed by atoms with van der Waals surface area (Å²) in [4.78, 5) is 34.7. The number of carbonyl (C=O) groups excluding carboxylic acids is 2. The van der Waals surface area contributed by atoms with Crippen molar-refractivity contribution in [3.05, 3.63) is 30.5 Å². The SMILES string of the molecule is CCOCCNc1nc(-c2ccc(NC(=O)OC)cc2)nc2c1cnn2C1CCN(C(=O)OC)CC1. The molecule has 2 amide bonds. The van der Waals surface area contributed by atoms with E-state index in [4.69, 9.17) is 19.4 Å². The number of amides is 2. The highest BCUT2D eigenvalue weighted by molar-refractivity contribution is 5.89. The quantitative estimate of drug-likeness (QED) is 0.448. The molecule has 3 heterocycles. The van der Waals surface area contributed by atoms with Crippen LogP contribution in [0.15, 0.2) is 30.5 Å². The lowest BCUT2D eigenvalue weighted by molar-refractivity contribution is 0.106. The first-order valence-corrected chi connectivity index (χ1v) is 11.9. The van der Waals surface area contributed by atoms with E-state index in [1.54, 1.807) is 23.2 Å². The van der Waals surface area contributed by atoms with E-state index in [1.165, 1.54) is 14.2 Å². The predicted molar refractivity (Wildman–Crippen MR) is 134 cm³/mol. The Morgan fingerprint density at radius 3 is 2.50 bits per heavy atom. The molecule has 0 bridgehead atoms. The van der Waals surface area contributed by atoms with Crippen molar-refractivity contribution in [2.24, 2.45) is 0 Å². The van der Waals surface area contributed by atoms with Gasteiger partial charge in [0.15, 0.2) is 11.5 Å². The molecule has 2 aromatic heterocycles. The van der Waals surface area contributed by atoms with E-state index in [0.29, 0.717) is 55.8 Å². The van der Waals surface area contributed by atoms with Crippen molar-refractivity contribution in [1.82, 2.24) is 24.6 Å². The summed E-state index contributed by atoms with van der Waals surface area (Å²) in [7, 11) is 2.71. The van der Waals surface area contributed by atoms with Crippen molar-refractivity contribution in [2.45, 2.75) is 25.8 Å². The van der Waals surface area contributed by atoms with E-state index in [-0.39, 0.29) is 12.1 Å². The van der Waals surface area contributed by atoms with Gasteiger partial charge in [0.05, 0.1) is 38.5 Å². The third-order valence-corrected chi connectivity index (χ3v) is 6.01. The van der Waals surface area contributed by atoms with Crippen molar-refractivity contribution in [2.75, 3.05) is 57.7 Å². The summed E-state index contributed by atoms with van der Waals surface area (Å²) in [6.45, 7) is 4.90. The van der Waals surface area contributed by atoms with Gasteiger partial charge in [-0.3, -0.25) is 5.32 Å². The van der Waals surface area contributed by atoms with Crippen LogP contribution in [0.3, 0.4) is 0 Å². The Balaban J connectivity index is 1.64. The normalized spacial score (nSPS) is 14.0. The van der Waals surface area contributed by atoms with Gasteiger partial charge in [-0.2, -0.15) is 5.10 Å². The Morgan fingerprint density at radius 2 is 1.83 bits per heavy atom. The first kappa shape index (κ1) is 25.2. The molecular weight excluding hydrogens is 466 g/mol. The zero-order valence-corrected chi connectivity index (χ0v) is 20.7. The molecule has 1 saturated heterocycles. The van der Waals surface area contributed by atoms with Crippen LogP contribution in [0.25, 0.3) is 22.4 Å². The summed E-state index contributed by atoms with van der Waals surface area (Å²) in [6, 6.07) is 7.30. The second kappa shape index (κ2) is 11.7. The second-order valence-electron chi connectivity index (χ2n) is 8.23. The molecule has 0 atom stereocenters. The van der Waals surface area contributed by atoms with Crippen LogP contribution in [0.1, 0.15) is 25.8 Å². The number of carbonyl (C=O) groups is 2. The number of rotatable bonds is 8. The molecule has 4 rings (SSSR count). The highest BCUT2D eigenvalue weighted by Crippen LogP contribution is 2.30. The Bertz CT molecular complexity index is 1190. The first-order valence-electron chi connectivity index (χ1n) is 11.9. The summed E-state index contributed by atoms with van der Waals surface area (Å²) in [6.07, 6.45) is 2.41. The molecule has 2 N–H and O–H groups in total. The van der Waals surface area contributed by atoms with Crippen LogP contribution >= 0.6 is 0 Å². The van der Waals surface area contributed by atoms with E-state index >= 15 is 0 Å². The zero-order chi connectivity index (χ0) is 25.5. The molecule has 1 aliphatic rings. The van der Waals surface area contributed by atoms with Gasteiger partial charge in [0.1, 0.15) is 5.82 Å². The topological polar surface area (TPSA) is 133 Å². The molecule has 3 aromatic rings. The molecule has 192 valence electrons. The van der Waals surface area contributed by atoms with Crippen molar-refractivity contribution in [3.63, 3.8) is 0 Å². The van der Waals surface area contributed by atoms with Crippen molar-refractivity contribution in [3.8, 4) is 11.4 Å². The van der Waals surface area contributed by atoms with E-state index in [2.05, 4.69) is 20.5 Å². The molecule has 36 heavy (non-hydrogen) atoms. The van der Waals surface area contributed by atoms with Gasteiger partial charge in [0.25, 0.3) is 0 Å². The van der Waals surface area contributed by atoms with Gasteiger partial charge in [-0.25, -0.2) is 24.2 Å². The lowest BCUT2D eigenvalue weighted by atomic mass is 10.1. The number of ether oxygens (including phenoxy) is 3. The van der Waals surface area contributed by atoms with Gasteiger partial charge in [-0.05, 0) is 44.0 Å². The lowest BCUT2D eigenvalue weighted by Gasteiger charge is -2.31. The Kier molecular flexibility index (Phi) is 8.16. The smallest absolute Gasteiger partial charge is 0.411 e. The molecule has 0 radical (unpaired) electrons. The molecular formula is C24H31N7O5. The number of piperidine rings is 1. The number of likely N-dealkylation sites (tertiary alicyclic amines) is 1. The molecule has 12 heteroatoms. The van der Waals surface area contributed by atoms with E-state index in [9.17, 15) is 9.59 Å². The van der Waals surface area contributed by atoms with Crippen molar-refractivity contribution in [1.29, 1.82) is 0 Å². The molecule has 1 aromatic carbocycles. The number of benzene rings is 1. The molecule has 1 fully saturated rings. The number of aromatic nitrogens is 4. The van der Waals surface area contributed by atoms with Gasteiger partial charge in [-0.15, -0.1) is 0 Å². The second-order valence-corrected chi connectivity index (χ2v) is 8.23. The fraction of sp³-hybridized carbons (Fsp3) is 0.458. The highest BCUT2D eigenvalue weighted by Gasteiger charge is 2.27. The van der Waals surface area contributed by atoms with Crippen molar-refractivity contribution >= 4 is 34.7 Å². The van der Waals surface area contributed by atoms with Crippen LogP contribution < -0.4 is 10.6 Å². The summed E-state index contributed by atoms with van der Waals surface area (Å²) in [5, 5.41) is 11.5. The Hall–Kier alpha value is -3.93. The maximum atomic E-state index is 11.9. The predicted octanol–water partition coefficient (Wildman–Crippen LogP) is 3.52. The Labute approximate surface area is 208 Å². The minimum absolute atomic E-state index is 0.0917. The van der Waals surface area contributed by atoms with Crippen LogP contribution in [-0.2, 0) is 14.2 Å². The van der Waals surface area contributed by atoms with Crippen molar-refractivity contribution < 1.29 is 23.8 Å². The van der Waals surface area contributed by atoms with Gasteiger partial charge < -0.3 is 24.4 Å². The number of hydrogen-bond donors (Lipinski definition) is 2. The van der Waals surface area contributed by atoms with Gasteiger partial charge >= 0.3 is 12.2 Å². The van der Waals surface area contributed by atoms with Crippen LogP contribution in [-0.4, -0.2) is 83.9 Å². The lowest BCUT2D eigenvalue weighted by Crippen LogP contribution is -2.39. The number of anilines is 2. The molecule has 12 nitrogen and oxygen atoms in total. The largest absolute Gasteiger partial charge is 0.453 e. The van der Waals surface area contributed by atoms with Crippen LogP contribution in [0.2, 0.25) is 0 Å². The monoisotopic (exact) mass is 497 g/mol.